The van der Waals surface area contributed by atoms with Crippen LogP contribution in [0.5, 0.6) is 0 Å². The number of amidine groups is 1. The molecule has 0 unspecified atom stereocenters. The van der Waals surface area contributed by atoms with E-state index in [9.17, 15) is 31.1 Å². The third kappa shape index (κ3) is 7.31. The number of halogens is 9. The molecule has 0 bridgehead atoms. The average Bonchev–Trinajstić information content (AvgIpc) is 2.55. The first-order valence-electron chi connectivity index (χ1n) is 6.45. The van der Waals surface area contributed by atoms with E-state index in [1.54, 1.807) is 0 Å². The molecule has 0 aliphatic rings. The van der Waals surface area contributed by atoms with Gasteiger partial charge in [-0.1, -0.05) is 46.0 Å². The molecule has 0 aliphatic carbocycles. The molecular formula is C14H7Cl3F6N2O2. The summed E-state index contributed by atoms with van der Waals surface area (Å²) in [7, 11) is 0. The SMILES string of the molecule is NC(/C=C\c1cc(C(F)(F)F)cc(C(F)(F)F)c1)=N/OC(=O)C(Cl)=C(Cl)Cl. The molecule has 0 saturated heterocycles. The predicted octanol–water partition coefficient (Wildman–Crippen LogP) is 5.44. The number of rotatable bonds is 4. The van der Waals surface area contributed by atoms with E-state index in [4.69, 9.17) is 40.5 Å². The van der Waals surface area contributed by atoms with E-state index in [1.165, 1.54) is 0 Å². The number of oxime groups is 1. The van der Waals surface area contributed by atoms with Crippen LogP contribution >= 0.6 is 34.8 Å². The van der Waals surface area contributed by atoms with Gasteiger partial charge < -0.3 is 10.6 Å². The molecule has 0 amide bonds. The van der Waals surface area contributed by atoms with E-state index in [0.29, 0.717) is 12.1 Å². The van der Waals surface area contributed by atoms with Crippen molar-refractivity contribution in [2.45, 2.75) is 12.4 Å². The Morgan fingerprint density at radius 1 is 1.00 bits per heavy atom. The van der Waals surface area contributed by atoms with Crippen LogP contribution in [-0.2, 0) is 22.0 Å². The maximum atomic E-state index is 12.7. The van der Waals surface area contributed by atoms with Crippen molar-refractivity contribution in [3.8, 4) is 0 Å². The van der Waals surface area contributed by atoms with Gasteiger partial charge in [0.1, 0.15) is 4.49 Å². The van der Waals surface area contributed by atoms with Crippen LogP contribution in [0, 0.1) is 0 Å². The van der Waals surface area contributed by atoms with Crippen LogP contribution in [0.1, 0.15) is 16.7 Å². The molecule has 0 aliphatic heterocycles. The highest BCUT2D eigenvalue weighted by Crippen LogP contribution is 2.36. The lowest BCUT2D eigenvalue weighted by molar-refractivity contribution is -0.143. The van der Waals surface area contributed by atoms with Crippen LogP contribution in [0.4, 0.5) is 26.3 Å². The van der Waals surface area contributed by atoms with Gasteiger partial charge in [0.15, 0.2) is 10.9 Å². The second-order valence-electron chi connectivity index (χ2n) is 4.64. The van der Waals surface area contributed by atoms with Crippen molar-refractivity contribution in [3.63, 3.8) is 0 Å². The molecule has 0 radical (unpaired) electrons. The molecule has 0 aromatic heterocycles. The number of carbonyl (C=O) groups is 1. The molecule has 1 aromatic rings. The summed E-state index contributed by atoms with van der Waals surface area (Å²) in [5.41, 5.74) is 1.83. The molecule has 1 aromatic carbocycles. The first-order chi connectivity index (χ1) is 12.2. The van der Waals surface area contributed by atoms with Crippen molar-refractivity contribution in [2.24, 2.45) is 10.9 Å². The zero-order valence-electron chi connectivity index (χ0n) is 12.6. The first kappa shape index (κ1) is 23.1. The zero-order valence-corrected chi connectivity index (χ0v) is 14.9. The lowest BCUT2D eigenvalue weighted by Gasteiger charge is -2.12. The minimum atomic E-state index is -5.00. The first-order valence-corrected chi connectivity index (χ1v) is 7.58. The molecule has 0 heterocycles. The van der Waals surface area contributed by atoms with Crippen molar-refractivity contribution in [3.05, 3.63) is 50.5 Å². The van der Waals surface area contributed by atoms with E-state index < -0.39 is 50.4 Å². The fraction of sp³-hybridized carbons (Fsp3) is 0.143. The van der Waals surface area contributed by atoms with Crippen LogP contribution in [-0.4, -0.2) is 11.8 Å². The molecule has 27 heavy (non-hydrogen) atoms. The Balaban J connectivity index is 3.11. The van der Waals surface area contributed by atoms with Crippen LogP contribution in [0.25, 0.3) is 6.08 Å². The molecule has 148 valence electrons. The van der Waals surface area contributed by atoms with E-state index in [1.807, 2.05) is 0 Å². The standard InChI is InChI=1S/C14H7Cl3F6N2O2/c15-10(11(16)17)12(26)27-25-9(24)2-1-6-3-7(13(18,19)20)5-8(4-6)14(21,22)23/h1-5H,(H2,24,25)/b2-1-. The summed E-state index contributed by atoms with van der Waals surface area (Å²) in [5.74, 6) is -1.85. The quantitative estimate of drug-likeness (QED) is 0.164. The molecule has 2 N–H and O–H groups in total. The predicted molar refractivity (Wildman–Crippen MR) is 87.8 cm³/mol. The van der Waals surface area contributed by atoms with Gasteiger partial charge in [0, 0.05) is 0 Å². The highest BCUT2D eigenvalue weighted by Gasteiger charge is 2.36. The van der Waals surface area contributed by atoms with E-state index in [0.717, 1.165) is 12.2 Å². The highest BCUT2D eigenvalue weighted by molar-refractivity contribution is 6.62. The van der Waals surface area contributed by atoms with Gasteiger partial charge in [-0.2, -0.15) is 26.3 Å². The normalized spacial score (nSPS) is 13.0. The van der Waals surface area contributed by atoms with E-state index in [-0.39, 0.29) is 6.07 Å². The van der Waals surface area contributed by atoms with Crippen molar-refractivity contribution in [1.82, 2.24) is 0 Å². The molecule has 0 atom stereocenters. The number of nitrogens with two attached hydrogens (primary N) is 1. The maximum absolute atomic E-state index is 12.7. The fourth-order valence-corrected chi connectivity index (χ4v) is 1.69. The van der Waals surface area contributed by atoms with Gasteiger partial charge >= 0.3 is 18.3 Å². The monoisotopic (exact) mass is 454 g/mol. The lowest BCUT2D eigenvalue weighted by Crippen LogP contribution is -2.12. The Morgan fingerprint density at radius 3 is 1.89 bits per heavy atom. The Bertz CT molecular complexity index is 780. The van der Waals surface area contributed by atoms with Crippen LogP contribution < -0.4 is 5.73 Å². The summed E-state index contributed by atoms with van der Waals surface area (Å²) in [6, 6.07) is 0.913. The molecule has 1 rings (SSSR count). The number of benzene rings is 1. The number of hydrogen-bond donors (Lipinski definition) is 1. The van der Waals surface area contributed by atoms with Gasteiger partial charge in [0.2, 0.25) is 0 Å². The Labute approximate surface area is 162 Å². The number of hydrogen-bond acceptors (Lipinski definition) is 3. The van der Waals surface area contributed by atoms with Crippen molar-refractivity contribution in [2.75, 3.05) is 0 Å². The van der Waals surface area contributed by atoms with Crippen LogP contribution in [0.15, 0.2) is 39.0 Å². The molecule has 0 saturated carbocycles. The van der Waals surface area contributed by atoms with Gasteiger partial charge in [-0.15, -0.1) is 0 Å². The Morgan fingerprint density at radius 2 is 1.48 bits per heavy atom. The van der Waals surface area contributed by atoms with Gasteiger partial charge in [-0.05, 0) is 29.8 Å². The third-order valence-electron chi connectivity index (χ3n) is 2.64. The molecule has 0 spiro atoms. The average molecular weight is 456 g/mol. The smallest absolute Gasteiger partial charge is 0.381 e. The Kier molecular flexibility index (Phi) is 7.58. The molecular weight excluding hydrogens is 449 g/mol. The molecule has 4 nitrogen and oxygen atoms in total. The van der Waals surface area contributed by atoms with E-state index in [2.05, 4.69) is 9.99 Å². The fourth-order valence-electron chi connectivity index (χ4n) is 1.50. The van der Waals surface area contributed by atoms with Gasteiger partial charge in [0.05, 0.1) is 11.1 Å². The van der Waals surface area contributed by atoms with Crippen molar-refractivity contribution in [1.29, 1.82) is 0 Å². The second-order valence-corrected chi connectivity index (χ2v) is 5.97. The topological polar surface area (TPSA) is 64.7 Å². The highest BCUT2D eigenvalue weighted by atomic mass is 35.5. The van der Waals surface area contributed by atoms with Crippen LogP contribution in [0.2, 0.25) is 0 Å². The van der Waals surface area contributed by atoms with Gasteiger partial charge in [0.25, 0.3) is 0 Å². The van der Waals surface area contributed by atoms with Gasteiger partial charge in [-0.25, -0.2) is 4.79 Å². The number of alkyl halides is 6. The summed E-state index contributed by atoms with van der Waals surface area (Å²) in [6.07, 6.45) is -8.38. The van der Waals surface area contributed by atoms with Crippen molar-refractivity contribution >= 4 is 52.7 Å². The molecule has 13 heteroatoms. The minimum absolute atomic E-state index is 0.0270. The summed E-state index contributed by atoms with van der Waals surface area (Å²) < 4.78 is 75.9. The second kappa shape index (κ2) is 8.85. The van der Waals surface area contributed by atoms with Crippen LogP contribution in [0.3, 0.4) is 0 Å². The van der Waals surface area contributed by atoms with Crippen molar-refractivity contribution < 1.29 is 36.0 Å². The lowest BCUT2D eigenvalue weighted by atomic mass is 10.0. The number of carbonyl (C=O) groups excluding carboxylic acids is 1. The van der Waals surface area contributed by atoms with E-state index >= 15 is 0 Å². The molecule has 0 fully saturated rings. The Hall–Kier alpha value is -1.91. The third-order valence-corrected chi connectivity index (χ3v) is 3.55. The summed E-state index contributed by atoms with van der Waals surface area (Å²) in [4.78, 5) is 15.5. The summed E-state index contributed by atoms with van der Waals surface area (Å²) >= 11 is 15.8. The minimum Gasteiger partial charge on any atom is -0.381 e. The number of nitrogens with zero attached hydrogens (tertiary/aromatic N) is 1. The van der Waals surface area contributed by atoms with Gasteiger partial charge in [-0.3, -0.25) is 0 Å². The largest absolute Gasteiger partial charge is 0.416 e. The maximum Gasteiger partial charge on any atom is 0.416 e. The zero-order chi connectivity index (χ0) is 21.0. The summed E-state index contributed by atoms with van der Waals surface area (Å²) in [6.45, 7) is 0. The summed E-state index contributed by atoms with van der Waals surface area (Å²) in [5, 5.41) is 2.35.